The van der Waals surface area contributed by atoms with E-state index in [9.17, 15) is 0 Å². The fourth-order valence-electron chi connectivity index (χ4n) is 2.73. The monoisotopic (exact) mass is 274 g/mol. The quantitative estimate of drug-likeness (QED) is 0.828. The number of hydrogen-bond donors (Lipinski definition) is 0. The molecule has 1 unspecified atom stereocenters. The van der Waals surface area contributed by atoms with Crippen molar-refractivity contribution in [1.82, 2.24) is 4.90 Å². The Hall–Kier alpha value is -1.57. The van der Waals surface area contributed by atoms with E-state index in [4.69, 9.17) is 14.7 Å². The van der Waals surface area contributed by atoms with E-state index in [1.807, 2.05) is 25.1 Å². The van der Waals surface area contributed by atoms with Crippen LogP contribution < -0.4 is 4.74 Å². The zero-order valence-electron chi connectivity index (χ0n) is 12.3. The van der Waals surface area contributed by atoms with Crippen LogP contribution in [-0.4, -0.2) is 37.8 Å². The second-order valence-corrected chi connectivity index (χ2v) is 5.10. The molecule has 1 aliphatic heterocycles. The Morgan fingerprint density at radius 1 is 1.45 bits per heavy atom. The summed E-state index contributed by atoms with van der Waals surface area (Å²) in [4.78, 5) is 2.40. The van der Waals surface area contributed by atoms with Gasteiger partial charge >= 0.3 is 0 Å². The van der Waals surface area contributed by atoms with Crippen molar-refractivity contribution in [3.63, 3.8) is 0 Å². The van der Waals surface area contributed by atoms with Gasteiger partial charge in [-0.3, -0.25) is 4.90 Å². The van der Waals surface area contributed by atoms with Gasteiger partial charge in [0.1, 0.15) is 11.8 Å². The average Bonchev–Trinajstić information content (AvgIpc) is 2.48. The van der Waals surface area contributed by atoms with Crippen molar-refractivity contribution in [3.05, 3.63) is 29.3 Å². The van der Waals surface area contributed by atoms with Crippen molar-refractivity contribution in [2.24, 2.45) is 0 Å². The Kier molecular flexibility index (Phi) is 5.40. The van der Waals surface area contributed by atoms with E-state index < -0.39 is 0 Å². The van der Waals surface area contributed by atoms with Crippen LogP contribution in [0.1, 0.15) is 30.9 Å². The van der Waals surface area contributed by atoms with Gasteiger partial charge in [-0.1, -0.05) is 6.07 Å². The summed E-state index contributed by atoms with van der Waals surface area (Å²) < 4.78 is 10.9. The Morgan fingerprint density at radius 2 is 2.30 bits per heavy atom. The number of piperidine rings is 1. The molecule has 0 radical (unpaired) electrons. The number of likely N-dealkylation sites (tertiary alicyclic amines) is 1. The summed E-state index contributed by atoms with van der Waals surface area (Å²) in [6.45, 7) is 5.75. The number of methoxy groups -OCH3 is 1. The molecule has 1 saturated heterocycles. The Bertz CT molecular complexity index is 480. The molecule has 0 spiro atoms. The zero-order valence-corrected chi connectivity index (χ0v) is 12.3. The van der Waals surface area contributed by atoms with Crippen molar-refractivity contribution >= 4 is 0 Å². The van der Waals surface area contributed by atoms with Crippen LogP contribution in [0.2, 0.25) is 0 Å². The topological polar surface area (TPSA) is 45.5 Å². The Labute approximate surface area is 120 Å². The zero-order chi connectivity index (χ0) is 14.4. The Morgan fingerprint density at radius 3 is 3.00 bits per heavy atom. The summed E-state index contributed by atoms with van der Waals surface area (Å²) in [5.41, 5.74) is 1.75. The van der Waals surface area contributed by atoms with Gasteiger partial charge in [0, 0.05) is 19.7 Å². The number of rotatable bonds is 5. The van der Waals surface area contributed by atoms with Crippen LogP contribution in [0.15, 0.2) is 18.2 Å². The number of nitrogens with zero attached hydrogens (tertiary/aromatic N) is 2. The highest BCUT2D eigenvalue weighted by molar-refractivity contribution is 5.45. The first-order valence-corrected chi connectivity index (χ1v) is 7.17. The summed E-state index contributed by atoms with van der Waals surface area (Å²) >= 11 is 0. The molecule has 1 aromatic rings. The molecule has 0 saturated carbocycles. The number of benzene rings is 1. The highest BCUT2D eigenvalue weighted by atomic mass is 16.5. The third-order valence-corrected chi connectivity index (χ3v) is 3.66. The van der Waals surface area contributed by atoms with E-state index in [1.165, 1.54) is 6.42 Å². The average molecular weight is 274 g/mol. The lowest BCUT2D eigenvalue weighted by Gasteiger charge is -2.32. The molecule has 1 aliphatic rings. The molecule has 108 valence electrons. The molecule has 0 aliphatic carbocycles. The van der Waals surface area contributed by atoms with Crippen molar-refractivity contribution in [3.8, 4) is 11.8 Å². The van der Waals surface area contributed by atoms with Crippen LogP contribution >= 0.6 is 0 Å². The lowest BCUT2D eigenvalue weighted by atomic mass is 10.1. The van der Waals surface area contributed by atoms with E-state index in [2.05, 4.69) is 11.0 Å². The van der Waals surface area contributed by atoms with E-state index in [-0.39, 0.29) is 0 Å². The summed E-state index contributed by atoms with van der Waals surface area (Å²) in [6, 6.07) is 8.01. The van der Waals surface area contributed by atoms with Crippen LogP contribution in [0, 0.1) is 11.3 Å². The van der Waals surface area contributed by atoms with Crippen LogP contribution in [0.3, 0.4) is 0 Å². The first-order valence-electron chi connectivity index (χ1n) is 7.17. The molecule has 0 N–H and O–H groups in total. The van der Waals surface area contributed by atoms with Crippen molar-refractivity contribution in [1.29, 1.82) is 5.26 Å². The number of ether oxygens (including phenoxy) is 2. The fraction of sp³-hybridized carbons (Fsp3) is 0.562. The highest BCUT2D eigenvalue weighted by Gasteiger charge is 2.20. The van der Waals surface area contributed by atoms with Crippen LogP contribution in [0.5, 0.6) is 5.75 Å². The second kappa shape index (κ2) is 7.28. The summed E-state index contributed by atoms with van der Waals surface area (Å²) in [5.74, 6) is 0.641. The molecule has 4 nitrogen and oxygen atoms in total. The van der Waals surface area contributed by atoms with E-state index in [0.29, 0.717) is 17.4 Å². The van der Waals surface area contributed by atoms with Crippen LogP contribution in [-0.2, 0) is 11.3 Å². The molecule has 20 heavy (non-hydrogen) atoms. The third kappa shape index (κ3) is 3.72. The van der Waals surface area contributed by atoms with Gasteiger partial charge in [0.2, 0.25) is 0 Å². The lowest BCUT2D eigenvalue weighted by molar-refractivity contribution is 0.00363. The molecule has 0 bridgehead atoms. The maximum Gasteiger partial charge on any atom is 0.136 e. The molecule has 2 rings (SSSR count). The SMILES string of the molecule is CCOC1CCCN(Cc2ccc(OC)c(C#N)c2)C1. The number of nitriles is 1. The van der Waals surface area contributed by atoms with Crippen molar-refractivity contribution in [2.45, 2.75) is 32.4 Å². The molecule has 1 aromatic carbocycles. The van der Waals surface area contributed by atoms with Gasteiger partial charge in [-0.25, -0.2) is 0 Å². The van der Waals surface area contributed by atoms with Gasteiger partial charge in [0.25, 0.3) is 0 Å². The van der Waals surface area contributed by atoms with Crippen LogP contribution in [0.25, 0.3) is 0 Å². The molecule has 0 aromatic heterocycles. The van der Waals surface area contributed by atoms with E-state index >= 15 is 0 Å². The minimum absolute atomic E-state index is 0.349. The molecular formula is C16H22N2O2. The minimum atomic E-state index is 0.349. The molecular weight excluding hydrogens is 252 g/mol. The van der Waals surface area contributed by atoms with Crippen LogP contribution in [0.4, 0.5) is 0 Å². The predicted molar refractivity (Wildman–Crippen MR) is 77.6 cm³/mol. The van der Waals surface area contributed by atoms with Gasteiger partial charge in [-0.05, 0) is 44.0 Å². The van der Waals surface area contributed by atoms with Gasteiger partial charge < -0.3 is 9.47 Å². The summed E-state index contributed by atoms with van der Waals surface area (Å²) in [6.07, 6.45) is 2.67. The molecule has 1 heterocycles. The molecule has 1 atom stereocenters. The van der Waals surface area contributed by atoms with Crippen molar-refractivity contribution in [2.75, 3.05) is 26.8 Å². The van der Waals surface area contributed by atoms with Gasteiger partial charge in [-0.2, -0.15) is 5.26 Å². The highest BCUT2D eigenvalue weighted by Crippen LogP contribution is 2.21. The van der Waals surface area contributed by atoms with E-state index in [0.717, 1.165) is 38.2 Å². The predicted octanol–water partition coefficient (Wildman–Crippen LogP) is 2.57. The number of hydrogen-bond acceptors (Lipinski definition) is 4. The maximum absolute atomic E-state index is 9.13. The van der Waals surface area contributed by atoms with Gasteiger partial charge in [-0.15, -0.1) is 0 Å². The molecule has 0 amide bonds. The Balaban J connectivity index is 2.01. The third-order valence-electron chi connectivity index (χ3n) is 3.66. The first kappa shape index (κ1) is 14.8. The van der Waals surface area contributed by atoms with Gasteiger partial charge in [0.05, 0.1) is 18.8 Å². The fourth-order valence-corrected chi connectivity index (χ4v) is 2.73. The minimum Gasteiger partial charge on any atom is -0.495 e. The van der Waals surface area contributed by atoms with E-state index in [1.54, 1.807) is 7.11 Å². The molecule has 1 fully saturated rings. The summed E-state index contributed by atoms with van der Waals surface area (Å²) in [7, 11) is 1.59. The first-order chi connectivity index (χ1) is 9.76. The normalized spacial score (nSPS) is 19.6. The van der Waals surface area contributed by atoms with Gasteiger partial charge in [0.15, 0.2) is 0 Å². The van der Waals surface area contributed by atoms with Crippen molar-refractivity contribution < 1.29 is 9.47 Å². The second-order valence-electron chi connectivity index (χ2n) is 5.10. The largest absolute Gasteiger partial charge is 0.495 e. The maximum atomic E-state index is 9.13. The lowest BCUT2D eigenvalue weighted by Crippen LogP contribution is -2.39. The standard InChI is InChI=1S/C16H22N2O2/c1-3-20-15-5-4-8-18(12-15)11-13-6-7-16(19-2)14(9-13)10-17/h6-7,9,15H,3-5,8,11-12H2,1-2H3. The smallest absolute Gasteiger partial charge is 0.136 e. The summed E-state index contributed by atoms with van der Waals surface area (Å²) in [5, 5.41) is 9.13. The molecule has 4 heteroatoms.